The molecule has 0 bridgehead atoms. The lowest BCUT2D eigenvalue weighted by atomic mass is 10.1. The molecular weight excluding hydrogens is 380 g/mol. The molecule has 1 saturated carbocycles. The van der Waals surface area contributed by atoms with Crippen LogP contribution in [-0.2, 0) is 9.53 Å². The van der Waals surface area contributed by atoms with Crippen LogP contribution in [0.5, 0.6) is 11.5 Å². The molecule has 1 amide bonds. The number of rotatable bonds is 6. The zero-order valence-corrected chi connectivity index (χ0v) is 15.3. The molecule has 4 rings (SSSR count). The summed E-state index contributed by atoms with van der Waals surface area (Å²) in [6.07, 6.45) is 0.515. The molecule has 1 aliphatic carbocycles. The number of hydrogen-bond acceptors (Lipinski definition) is 7. The first kappa shape index (κ1) is 18.7. The third-order valence-corrected chi connectivity index (χ3v) is 4.57. The van der Waals surface area contributed by atoms with Crippen LogP contribution >= 0.6 is 0 Å². The highest BCUT2D eigenvalue weighted by Crippen LogP contribution is 2.37. The Morgan fingerprint density at radius 2 is 1.76 bits per heavy atom. The van der Waals surface area contributed by atoms with Gasteiger partial charge >= 0.3 is 5.97 Å². The Morgan fingerprint density at radius 3 is 2.38 bits per heavy atom. The Labute approximate surface area is 165 Å². The Morgan fingerprint density at radius 1 is 1.10 bits per heavy atom. The maximum Gasteiger partial charge on any atom is 0.346 e. The predicted molar refractivity (Wildman–Crippen MR) is 99.8 cm³/mol. The van der Waals surface area contributed by atoms with E-state index in [0.29, 0.717) is 5.56 Å². The number of fused-ring (bicyclic) bond motifs is 1. The first-order valence-corrected chi connectivity index (χ1v) is 9.17. The topological polar surface area (TPSA) is 117 Å². The zero-order chi connectivity index (χ0) is 20.4. The van der Waals surface area contributed by atoms with Crippen LogP contribution in [-0.4, -0.2) is 36.1 Å². The van der Waals surface area contributed by atoms with Gasteiger partial charge in [-0.05, 0) is 12.8 Å². The molecule has 0 saturated heterocycles. The summed E-state index contributed by atoms with van der Waals surface area (Å²) in [5.74, 6) is -1.06. The van der Waals surface area contributed by atoms with Gasteiger partial charge in [-0.2, -0.15) is 0 Å². The van der Waals surface area contributed by atoms with Gasteiger partial charge in [-0.3, -0.25) is 14.9 Å². The summed E-state index contributed by atoms with van der Waals surface area (Å²) in [6, 6.07) is 10.9. The first-order valence-electron chi connectivity index (χ1n) is 9.17. The van der Waals surface area contributed by atoms with E-state index >= 15 is 0 Å². The molecule has 2 aromatic rings. The van der Waals surface area contributed by atoms with Crippen molar-refractivity contribution in [2.45, 2.75) is 25.0 Å². The molecular formula is C20H18N2O7. The van der Waals surface area contributed by atoms with Crippen LogP contribution in [0.2, 0.25) is 0 Å². The number of nitrogens with zero attached hydrogens (tertiary/aromatic N) is 1. The van der Waals surface area contributed by atoms with E-state index in [4.69, 9.17) is 14.2 Å². The van der Waals surface area contributed by atoms with E-state index in [1.165, 1.54) is 6.07 Å². The predicted octanol–water partition coefficient (Wildman–Crippen LogP) is 2.54. The summed E-state index contributed by atoms with van der Waals surface area (Å²) >= 11 is 0. The van der Waals surface area contributed by atoms with Crippen molar-refractivity contribution >= 4 is 17.6 Å². The van der Waals surface area contributed by atoms with Crippen molar-refractivity contribution in [2.24, 2.45) is 0 Å². The van der Waals surface area contributed by atoms with E-state index in [1.807, 2.05) is 0 Å². The summed E-state index contributed by atoms with van der Waals surface area (Å²) in [6.45, 7) is 0.515. The third-order valence-electron chi connectivity index (χ3n) is 4.57. The lowest BCUT2D eigenvalue weighted by Gasteiger charge is -2.20. The molecule has 29 heavy (non-hydrogen) atoms. The fourth-order valence-electron chi connectivity index (χ4n) is 2.97. The number of carbonyl (C=O) groups is 2. The number of nitro groups is 1. The molecule has 9 heteroatoms. The Bertz CT molecular complexity index is 957. The lowest BCUT2D eigenvalue weighted by molar-refractivity contribution is -0.385. The van der Waals surface area contributed by atoms with Crippen LogP contribution in [0, 0.1) is 10.1 Å². The minimum atomic E-state index is -1.22. The van der Waals surface area contributed by atoms with Crippen molar-refractivity contribution in [3.63, 3.8) is 0 Å². The van der Waals surface area contributed by atoms with E-state index in [0.717, 1.165) is 18.9 Å². The summed E-state index contributed by atoms with van der Waals surface area (Å²) < 4.78 is 16.2. The highest BCUT2D eigenvalue weighted by atomic mass is 16.6. The molecule has 2 aromatic carbocycles. The van der Waals surface area contributed by atoms with Gasteiger partial charge in [0.1, 0.15) is 18.8 Å². The molecule has 1 N–H and O–H groups in total. The van der Waals surface area contributed by atoms with Gasteiger partial charge < -0.3 is 19.5 Å². The van der Waals surface area contributed by atoms with Crippen LogP contribution in [0.3, 0.4) is 0 Å². The van der Waals surface area contributed by atoms with Gasteiger partial charge in [0.2, 0.25) is 6.10 Å². The summed E-state index contributed by atoms with van der Waals surface area (Å²) in [4.78, 5) is 36.3. The van der Waals surface area contributed by atoms with E-state index in [-0.39, 0.29) is 36.3 Å². The van der Waals surface area contributed by atoms with Crippen LogP contribution in [0.4, 0.5) is 5.69 Å². The van der Waals surface area contributed by atoms with Crippen molar-refractivity contribution in [1.29, 1.82) is 0 Å². The van der Waals surface area contributed by atoms with Gasteiger partial charge in [0, 0.05) is 17.7 Å². The molecule has 1 heterocycles. The molecule has 1 atom stereocenters. The quantitative estimate of drug-likeness (QED) is 0.451. The van der Waals surface area contributed by atoms with E-state index in [2.05, 4.69) is 5.32 Å². The summed E-state index contributed by atoms with van der Waals surface area (Å²) in [5.41, 5.74) is -0.313. The fourth-order valence-corrected chi connectivity index (χ4v) is 2.97. The largest absolute Gasteiger partial charge is 0.486 e. The van der Waals surface area contributed by atoms with Crippen LogP contribution in [0.15, 0.2) is 42.5 Å². The molecule has 1 aliphatic heterocycles. The number of hydrogen-bond donors (Lipinski definition) is 1. The molecule has 150 valence electrons. The number of benzene rings is 2. The molecule has 1 fully saturated rings. The normalized spacial score (nSPS) is 15.9. The zero-order valence-electron chi connectivity index (χ0n) is 15.3. The molecule has 0 aromatic heterocycles. The number of nitro benzene ring substituents is 1. The highest BCUT2D eigenvalue weighted by molar-refractivity contribution is 5.97. The van der Waals surface area contributed by atoms with Gasteiger partial charge in [-0.1, -0.05) is 30.3 Å². The van der Waals surface area contributed by atoms with Crippen LogP contribution in [0.25, 0.3) is 0 Å². The van der Waals surface area contributed by atoms with Crippen molar-refractivity contribution in [3.8, 4) is 11.5 Å². The number of carbonyl (C=O) groups excluding carboxylic acids is 2. The lowest BCUT2D eigenvalue weighted by Crippen LogP contribution is -2.33. The van der Waals surface area contributed by atoms with Crippen molar-refractivity contribution in [1.82, 2.24) is 5.32 Å². The SMILES string of the molecule is O=C(O[C@H](C(=O)NC1CC1)c1ccccc1)c1cc2c(cc1[N+](=O)[O-])OCCO2. The monoisotopic (exact) mass is 398 g/mol. The second-order valence-electron chi connectivity index (χ2n) is 6.75. The maximum absolute atomic E-state index is 12.8. The van der Waals surface area contributed by atoms with E-state index < -0.39 is 28.6 Å². The van der Waals surface area contributed by atoms with E-state index in [1.54, 1.807) is 30.3 Å². The fraction of sp³-hybridized carbons (Fsp3) is 0.300. The van der Waals surface area contributed by atoms with Crippen molar-refractivity contribution in [2.75, 3.05) is 13.2 Å². The van der Waals surface area contributed by atoms with Crippen molar-refractivity contribution < 1.29 is 28.7 Å². The Kier molecular flexibility index (Phi) is 5.03. The first-order chi connectivity index (χ1) is 14.0. The molecule has 0 unspecified atom stereocenters. The standard InChI is InChI=1S/C20H18N2O7/c23-19(21-13-6-7-13)18(12-4-2-1-3-5-12)29-20(24)14-10-16-17(28-9-8-27-16)11-15(14)22(25)26/h1-5,10-11,13,18H,6-9H2,(H,21,23)/t18-/m0/s1. The minimum absolute atomic E-state index is 0.0658. The molecule has 9 nitrogen and oxygen atoms in total. The summed E-state index contributed by atoms with van der Waals surface area (Å²) in [7, 11) is 0. The summed E-state index contributed by atoms with van der Waals surface area (Å²) in [5, 5.41) is 14.3. The second kappa shape index (κ2) is 7.78. The molecule has 2 aliphatic rings. The average molecular weight is 398 g/mol. The van der Waals surface area contributed by atoms with Crippen LogP contribution < -0.4 is 14.8 Å². The smallest absolute Gasteiger partial charge is 0.346 e. The third kappa shape index (κ3) is 4.13. The van der Waals surface area contributed by atoms with Gasteiger partial charge in [0.25, 0.3) is 11.6 Å². The Hall–Kier alpha value is -3.62. The minimum Gasteiger partial charge on any atom is -0.486 e. The molecule has 0 spiro atoms. The number of nitrogens with one attached hydrogen (secondary N) is 1. The highest BCUT2D eigenvalue weighted by Gasteiger charge is 2.34. The number of amides is 1. The van der Waals surface area contributed by atoms with E-state index in [9.17, 15) is 19.7 Å². The molecule has 0 radical (unpaired) electrons. The van der Waals surface area contributed by atoms with Crippen LogP contribution in [0.1, 0.15) is 34.9 Å². The van der Waals surface area contributed by atoms with Gasteiger partial charge in [-0.25, -0.2) is 4.79 Å². The van der Waals surface area contributed by atoms with Crippen molar-refractivity contribution in [3.05, 3.63) is 63.7 Å². The van der Waals surface area contributed by atoms with Gasteiger partial charge in [0.05, 0.1) is 11.0 Å². The second-order valence-corrected chi connectivity index (χ2v) is 6.75. The maximum atomic E-state index is 12.8. The number of esters is 1. The van der Waals surface area contributed by atoms with Gasteiger partial charge in [-0.15, -0.1) is 0 Å². The number of ether oxygens (including phenoxy) is 3. The average Bonchev–Trinajstić information content (AvgIpc) is 3.55. The van der Waals surface area contributed by atoms with Gasteiger partial charge in [0.15, 0.2) is 11.5 Å². The Balaban J connectivity index is 1.65.